The highest BCUT2D eigenvalue weighted by Gasteiger charge is 2.21. The molecule has 1 rings (SSSR count). The predicted octanol–water partition coefficient (Wildman–Crippen LogP) is 1.29. The summed E-state index contributed by atoms with van der Waals surface area (Å²) in [7, 11) is -0.649. The summed E-state index contributed by atoms with van der Waals surface area (Å²) in [6.07, 6.45) is 0. The summed E-state index contributed by atoms with van der Waals surface area (Å²) in [6.45, 7) is 6.04. The second-order valence-corrected chi connectivity index (χ2v) is 7.81. The second-order valence-electron chi connectivity index (χ2n) is 5.66. The molecule has 1 aromatic rings. The first-order valence-electron chi connectivity index (χ1n) is 7.48. The fourth-order valence-corrected chi connectivity index (χ4v) is 2.76. The van der Waals surface area contributed by atoms with E-state index in [2.05, 4.69) is 10.6 Å². The first kappa shape index (κ1) is 19.4. The molecule has 0 saturated carbocycles. The van der Waals surface area contributed by atoms with Gasteiger partial charge in [-0.3, -0.25) is 4.79 Å². The van der Waals surface area contributed by atoms with E-state index in [1.807, 2.05) is 6.92 Å². The van der Waals surface area contributed by atoms with Crippen molar-refractivity contribution in [3.05, 3.63) is 18.2 Å². The molecule has 4 N–H and O–H groups in total. The molecular formula is C15H26N4O3S. The van der Waals surface area contributed by atoms with E-state index >= 15 is 0 Å². The molecule has 0 aromatic heterocycles. The lowest BCUT2D eigenvalue weighted by Crippen LogP contribution is -2.34. The molecule has 0 aliphatic rings. The van der Waals surface area contributed by atoms with Gasteiger partial charge in [0.1, 0.15) is 0 Å². The highest BCUT2D eigenvalue weighted by Crippen LogP contribution is 2.27. The van der Waals surface area contributed by atoms with Crippen molar-refractivity contribution in [2.24, 2.45) is 11.7 Å². The van der Waals surface area contributed by atoms with Gasteiger partial charge >= 0.3 is 0 Å². The van der Waals surface area contributed by atoms with Crippen LogP contribution in [0.15, 0.2) is 23.1 Å². The van der Waals surface area contributed by atoms with E-state index in [9.17, 15) is 13.2 Å². The van der Waals surface area contributed by atoms with E-state index < -0.39 is 15.9 Å². The molecule has 0 aliphatic carbocycles. The predicted molar refractivity (Wildman–Crippen MR) is 92.9 cm³/mol. The van der Waals surface area contributed by atoms with Gasteiger partial charge in [-0.25, -0.2) is 12.7 Å². The van der Waals surface area contributed by atoms with Crippen molar-refractivity contribution in [1.29, 1.82) is 0 Å². The Balaban J connectivity index is 3.24. The molecule has 2 unspecified atom stereocenters. The van der Waals surface area contributed by atoms with Crippen molar-refractivity contribution in [2.45, 2.75) is 31.7 Å². The first-order chi connectivity index (χ1) is 10.6. The summed E-state index contributed by atoms with van der Waals surface area (Å²) in [5, 5.41) is 5.87. The Bertz CT molecular complexity index is 657. The maximum absolute atomic E-state index is 12.3. The number of hydrogen-bond donors (Lipinski definition) is 3. The van der Waals surface area contributed by atoms with Crippen LogP contribution in [0.1, 0.15) is 20.8 Å². The van der Waals surface area contributed by atoms with Crippen LogP contribution in [0.4, 0.5) is 11.4 Å². The lowest BCUT2D eigenvalue weighted by atomic mass is 10.0. The van der Waals surface area contributed by atoms with Crippen molar-refractivity contribution < 1.29 is 13.2 Å². The van der Waals surface area contributed by atoms with Crippen LogP contribution < -0.4 is 16.4 Å². The van der Waals surface area contributed by atoms with Crippen LogP contribution in [0.3, 0.4) is 0 Å². The van der Waals surface area contributed by atoms with Crippen LogP contribution >= 0.6 is 0 Å². The Kier molecular flexibility index (Phi) is 6.55. The molecule has 0 spiro atoms. The number of rotatable bonds is 7. The van der Waals surface area contributed by atoms with Crippen molar-refractivity contribution in [2.75, 3.05) is 31.3 Å². The minimum absolute atomic E-state index is 0.118. The van der Waals surface area contributed by atoms with Gasteiger partial charge in [-0.1, -0.05) is 6.92 Å². The molecule has 0 radical (unpaired) electrons. The average molecular weight is 342 g/mol. The number of benzene rings is 1. The third-order valence-electron chi connectivity index (χ3n) is 3.60. The summed E-state index contributed by atoms with van der Waals surface area (Å²) in [6, 6.07) is 4.31. The van der Waals surface area contributed by atoms with Gasteiger partial charge in [-0.2, -0.15) is 0 Å². The molecule has 8 heteroatoms. The highest BCUT2D eigenvalue weighted by molar-refractivity contribution is 7.89. The number of amides is 1. The van der Waals surface area contributed by atoms with E-state index in [4.69, 9.17) is 5.73 Å². The first-order valence-corrected chi connectivity index (χ1v) is 8.92. The second kappa shape index (κ2) is 7.76. The fourth-order valence-electron chi connectivity index (χ4n) is 1.83. The number of sulfonamides is 1. The molecule has 0 aliphatic heterocycles. The van der Waals surface area contributed by atoms with Crippen LogP contribution in [0.5, 0.6) is 0 Å². The van der Waals surface area contributed by atoms with Crippen molar-refractivity contribution in [3.8, 4) is 0 Å². The highest BCUT2D eigenvalue weighted by atomic mass is 32.2. The van der Waals surface area contributed by atoms with Crippen molar-refractivity contribution >= 4 is 27.3 Å². The molecule has 130 valence electrons. The van der Waals surface area contributed by atoms with E-state index in [-0.39, 0.29) is 16.8 Å². The Labute approximate surface area is 138 Å². The Morgan fingerprint density at radius 1 is 1.26 bits per heavy atom. The molecule has 0 saturated heterocycles. The maximum atomic E-state index is 12.3. The third kappa shape index (κ3) is 4.66. The normalized spacial score (nSPS) is 14.4. The zero-order valence-electron chi connectivity index (χ0n) is 14.3. The maximum Gasteiger partial charge on any atom is 0.242 e. The van der Waals surface area contributed by atoms with Gasteiger partial charge in [0.15, 0.2) is 0 Å². The van der Waals surface area contributed by atoms with Crippen LogP contribution in [-0.2, 0) is 14.8 Å². The largest absolute Gasteiger partial charge is 0.384 e. The molecule has 0 heterocycles. The van der Waals surface area contributed by atoms with Gasteiger partial charge in [0, 0.05) is 26.7 Å². The molecular weight excluding hydrogens is 316 g/mol. The number of nitrogens with two attached hydrogens (primary N) is 1. The number of nitrogens with one attached hydrogen (secondary N) is 2. The Morgan fingerprint density at radius 2 is 1.87 bits per heavy atom. The minimum Gasteiger partial charge on any atom is -0.384 e. The number of nitrogens with zero attached hydrogens (tertiary/aromatic N) is 1. The fraction of sp³-hybridized carbons (Fsp3) is 0.533. The molecule has 1 aromatic carbocycles. The average Bonchev–Trinajstić information content (AvgIpc) is 2.47. The molecule has 1 amide bonds. The summed E-state index contributed by atoms with van der Waals surface area (Å²) in [4.78, 5) is 12.3. The van der Waals surface area contributed by atoms with Crippen LogP contribution in [0.25, 0.3) is 0 Å². The van der Waals surface area contributed by atoms with Gasteiger partial charge < -0.3 is 16.4 Å². The minimum atomic E-state index is -3.57. The van der Waals surface area contributed by atoms with Gasteiger partial charge in [0.05, 0.1) is 22.2 Å². The summed E-state index contributed by atoms with van der Waals surface area (Å²) >= 11 is 0. The lowest BCUT2D eigenvalue weighted by molar-refractivity contribution is -0.119. The third-order valence-corrected chi connectivity index (χ3v) is 5.41. The zero-order valence-corrected chi connectivity index (χ0v) is 15.1. The quantitative estimate of drug-likeness (QED) is 0.692. The SMILES string of the molecule is CCNc1ccc(S(=O)(=O)N(C)C)cc1NC(=O)C(C)C(C)N. The summed E-state index contributed by atoms with van der Waals surface area (Å²) < 4.78 is 25.6. The van der Waals surface area contributed by atoms with Crippen LogP contribution in [0.2, 0.25) is 0 Å². The molecule has 2 atom stereocenters. The van der Waals surface area contributed by atoms with Gasteiger partial charge in [-0.05, 0) is 32.0 Å². The summed E-state index contributed by atoms with van der Waals surface area (Å²) in [5.74, 6) is -0.642. The molecule has 0 bridgehead atoms. The van der Waals surface area contributed by atoms with E-state index in [0.29, 0.717) is 17.9 Å². The lowest BCUT2D eigenvalue weighted by Gasteiger charge is -2.19. The van der Waals surface area contributed by atoms with E-state index in [0.717, 1.165) is 4.31 Å². The number of carbonyl (C=O) groups excluding carboxylic acids is 1. The van der Waals surface area contributed by atoms with Crippen molar-refractivity contribution in [3.63, 3.8) is 0 Å². The smallest absolute Gasteiger partial charge is 0.242 e. The number of hydrogen-bond acceptors (Lipinski definition) is 5. The molecule has 0 fully saturated rings. The van der Waals surface area contributed by atoms with Gasteiger partial charge in [-0.15, -0.1) is 0 Å². The standard InChI is InChI=1S/C15H26N4O3S/c1-6-17-13-8-7-12(23(21,22)19(4)5)9-14(13)18-15(20)10(2)11(3)16/h7-11,17H,6,16H2,1-5H3,(H,18,20). The summed E-state index contributed by atoms with van der Waals surface area (Å²) in [5.41, 5.74) is 6.83. The van der Waals surface area contributed by atoms with E-state index in [1.54, 1.807) is 19.9 Å². The Morgan fingerprint density at radius 3 is 2.35 bits per heavy atom. The number of anilines is 2. The topological polar surface area (TPSA) is 105 Å². The zero-order chi connectivity index (χ0) is 17.8. The van der Waals surface area contributed by atoms with Gasteiger partial charge in [0.2, 0.25) is 15.9 Å². The Hall–Kier alpha value is -1.64. The van der Waals surface area contributed by atoms with Crippen molar-refractivity contribution in [1.82, 2.24) is 4.31 Å². The monoisotopic (exact) mass is 342 g/mol. The van der Waals surface area contributed by atoms with E-state index in [1.165, 1.54) is 26.2 Å². The molecule has 23 heavy (non-hydrogen) atoms. The molecule has 7 nitrogen and oxygen atoms in total. The van der Waals surface area contributed by atoms with Gasteiger partial charge in [0.25, 0.3) is 0 Å². The van der Waals surface area contributed by atoms with Crippen LogP contribution in [-0.4, -0.2) is 45.3 Å². The number of carbonyl (C=O) groups is 1. The van der Waals surface area contributed by atoms with Crippen LogP contribution in [0, 0.1) is 5.92 Å².